The first-order valence-electron chi connectivity index (χ1n) is 6.70. The van der Waals surface area contributed by atoms with Gasteiger partial charge in [0.25, 0.3) is 0 Å². The van der Waals surface area contributed by atoms with E-state index >= 15 is 0 Å². The van der Waals surface area contributed by atoms with Gasteiger partial charge in [-0.25, -0.2) is 0 Å². The second kappa shape index (κ2) is 6.54. The number of hydrogen-bond donors (Lipinski definition) is 0. The number of aromatic nitrogens is 1. The molecule has 3 rings (SSSR count). The molecule has 0 atom stereocenters. The zero-order valence-corrected chi connectivity index (χ0v) is 13.2. The number of ether oxygens (including phenoxy) is 1. The number of nitrogens with zero attached hydrogens (tertiary/aromatic N) is 1. The van der Waals surface area contributed by atoms with Crippen molar-refractivity contribution in [1.29, 1.82) is 0 Å². The molecule has 108 valence electrons. The van der Waals surface area contributed by atoms with Crippen molar-refractivity contribution in [1.82, 2.24) is 4.98 Å². The van der Waals surface area contributed by atoms with Crippen LogP contribution < -0.4 is 4.74 Å². The molecule has 0 fully saturated rings. The maximum Gasteiger partial charge on any atom is 0.157 e. The SMILES string of the molecule is O=Cc1c(Br)cncc1Oc1ccc(-c2ccccc2)cc1. The Kier molecular flexibility index (Phi) is 4.30. The smallest absolute Gasteiger partial charge is 0.157 e. The van der Waals surface area contributed by atoms with E-state index in [1.165, 1.54) is 6.20 Å². The number of hydrogen-bond acceptors (Lipinski definition) is 3. The van der Waals surface area contributed by atoms with Gasteiger partial charge in [0, 0.05) is 6.20 Å². The quantitative estimate of drug-likeness (QED) is 0.611. The van der Waals surface area contributed by atoms with Crippen LogP contribution in [-0.4, -0.2) is 11.3 Å². The summed E-state index contributed by atoms with van der Waals surface area (Å²) in [7, 11) is 0. The number of carbonyl (C=O) groups excluding carboxylic acids is 1. The first-order chi connectivity index (χ1) is 10.8. The zero-order chi connectivity index (χ0) is 15.4. The first kappa shape index (κ1) is 14.5. The first-order valence-corrected chi connectivity index (χ1v) is 7.49. The Morgan fingerprint density at radius 1 is 0.909 bits per heavy atom. The fourth-order valence-corrected chi connectivity index (χ4v) is 2.50. The number of halogens is 1. The van der Waals surface area contributed by atoms with Crippen LogP contribution in [0.15, 0.2) is 71.5 Å². The van der Waals surface area contributed by atoms with Crippen LogP contribution in [0.5, 0.6) is 11.5 Å². The molecule has 0 aliphatic heterocycles. The van der Waals surface area contributed by atoms with Crippen molar-refractivity contribution in [2.75, 3.05) is 0 Å². The van der Waals surface area contributed by atoms with Crippen molar-refractivity contribution in [3.05, 3.63) is 77.0 Å². The molecule has 2 aromatic carbocycles. The molecule has 0 bridgehead atoms. The van der Waals surface area contributed by atoms with Crippen LogP contribution in [0.3, 0.4) is 0 Å². The standard InChI is InChI=1S/C18H12BrNO2/c19-17-10-20-11-18(16(17)12-21)22-15-8-6-14(7-9-15)13-4-2-1-3-5-13/h1-12H. The molecule has 0 N–H and O–H groups in total. The Balaban J connectivity index is 1.86. The van der Waals surface area contributed by atoms with Crippen molar-refractivity contribution >= 4 is 22.2 Å². The Hall–Kier alpha value is -2.46. The molecule has 0 saturated carbocycles. The molecule has 0 aliphatic carbocycles. The lowest BCUT2D eigenvalue weighted by atomic mass is 10.1. The molecule has 1 heterocycles. The molecule has 22 heavy (non-hydrogen) atoms. The molecule has 0 radical (unpaired) electrons. The third-order valence-electron chi connectivity index (χ3n) is 3.21. The summed E-state index contributed by atoms with van der Waals surface area (Å²) in [5.41, 5.74) is 2.70. The van der Waals surface area contributed by atoms with E-state index in [1.807, 2.05) is 42.5 Å². The third kappa shape index (κ3) is 3.07. The summed E-state index contributed by atoms with van der Waals surface area (Å²) in [5, 5.41) is 0. The van der Waals surface area contributed by atoms with Crippen LogP contribution >= 0.6 is 15.9 Å². The molecular weight excluding hydrogens is 342 g/mol. The minimum atomic E-state index is 0.428. The molecular formula is C18H12BrNO2. The molecule has 0 spiro atoms. The van der Waals surface area contributed by atoms with Crippen molar-refractivity contribution < 1.29 is 9.53 Å². The van der Waals surface area contributed by atoms with E-state index in [0.29, 0.717) is 21.5 Å². The number of rotatable bonds is 4. The summed E-state index contributed by atoms with van der Waals surface area (Å²) in [6.07, 6.45) is 3.84. The highest BCUT2D eigenvalue weighted by atomic mass is 79.9. The maximum atomic E-state index is 11.1. The maximum absolute atomic E-state index is 11.1. The van der Waals surface area contributed by atoms with Crippen LogP contribution in [0.25, 0.3) is 11.1 Å². The van der Waals surface area contributed by atoms with Gasteiger partial charge >= 0.3 is 0 Å². The second-order valence-electron chi connectivity index (χ2n) is 4.64. The summed E-state index contributed by atoms with van der Waals surface area (Å²) in [5.74, 6) is 1.08. The fourth-order valence-electron chi connectivity index (χ4n) is 2.10. The zero-order valence-electron chi connectivity index (χ0n) is 11.6. The lowest BCUT2D eigenvalue weighted by Gasteiger charge is -2.09. The van der Waals surface area contributed by atoms with Gasteiger partial charge in [0.1, 0.15) is 5.75 Å². The highest BCUT2D eigenvalue weighted by Gasteiger charge is 2.09. The van der Waals surface area contributed by atoms with Crippen LogP contribution in [0, 0.1) is 0 Å². The van der Waals surface area contributed by atoms with Crippen molar-refractivity contribution in [3.8, 4) is 22.6 Å². The second-order valence-corrected chi connectivity index (χ2v) is 5.50. The fraction of sp³-hybridized carbons (Fsp3) is 0. The summed E-state index contributed by atoms with van der Waals surface area (Å²) in [6, 6.07) is 17.8. The number of benzene rings is 2. The lowest BCUT2D eigenvalue weighted by molar-refractivity contribution is 0.112. The minimum Gasteiger partial charge on any atom is -0.455 e. The Bertz CT molecular complexity index is 786. The largest absolute Gasteiger partial charge is 0.455 e. The molecule has 1 aromatic heterocycles. The number of carbonyl (C=O) groups is 1. The molecule has 0 saturated heterocycles. The summed E-state index contributed by atoms with van der Waals surface area (Å²) in [6.45, 7) is 0. The summed E-state index contributed by atoms with van der Waals surface area (Å²) < 4.78 is 6.36. The molecule has 0 amide bonds. The molecule has 0 aliphatic rings. The predicted octanol–water partition coefficient (Wildman–Crippen LogP) is 5.12. The molecule has 0 unspecified atom stereocenters. The van der Waals surface area contributed by atoms with Gasteiger partial charge in [-0.3, -0.25) is 9.78 Å². The van der Waals surface area contributed by atoms with E-state index < -0.39 is 0 Å². The predicted molar refractivity (Wildman–Crippen MR) is 89.3 cm³/mol. The number of aldehydes is 1. The van der Waals surface area contributed by atoms with Crippen LogP contribution in [-0.2, 0) is 0 Å². The van der Waals surface area contributed by atoms with Crippen molar-refractivity contribution in [3.63, 3.8) is 0 Å². The van der Waals surface area contributed by atoms with Crippen molar-refractivity contribution in [2.45, 2.75) is 0 Å². The lowest BCUT2D eigenvalue weighted by Crippen LogP contribution is -1.93. The minimum absolute atomic E-state index is 0.428. The van der Waals surface area contributed by atoms with Gasteiger partial charge in [-0.2, -0.15) is 0 Å². The van der Waals surface area contributed by atoms with Crippen LogP contribution in [0.2, 0.25) is 0 Å². The van der Waals surface area contributed by atoms with Gasteiger partial charge in [0.15, 0.2) is 12.0 Å². The highest BCUT2D eigenvalue weighted by molar-refractivity contribution is 9.10. The van der Waals surface area contributed by atoms with Crippen LogP contribution in [0.1, 0.15) is 10.4 Å². The summed E-state index contributed by atoms with van der Waals surface area (Å²) >= 11 is 3.29. The topological polar surface area (TPSA) is 39.2 Å². The van der Waals surface area contributed by atoms with E-state index in [0.717, 1.165) is 17.4 Å². The van der Waals surface area contributed by atoms with Crippen molar-refractivity contribution in [2.24, 2.45) is 0 Å². The molecule has 4 heteroatoms. The van der Waals surface area contributed by atoms with Gasteiger partial charge in [0.2, 0.25) is 0 Å². The van der Waals surface area contributed by atoms with Crippen LogP contribution in [0.4, 0.5) is 0 Å². The third-order valence-corrected chi connectivity index (χ3v) is 3.84. The number of pyridine rings is 1. The van der Waals surface area contributed by atoms with Gasteiger partial charge in [-0.15, -0.1) is 0 Å². The van der Waals surface area contributed by atoms with E-state index in [-0.39, 0.29) is 0 Å². The van der Waals surface area contributed by atoms with E-state index in [9.17, 15) is 4.79 Å². The van der Waals surface area contributed by atoms with E-state index in [1.54, 1.807) is 6.20 Å². The monoisotopic (exact) mass is 353 g/mol. The summed E-state index contributed by atoms with van der Waals surface area (Å²) in [4.78, 5) is 15.2. The Labute approximate surface area is 136 Å². The van der Waals surface area contributed by atoms with Gasteiger partial charge in [-0.05, 0) is 39.2 Å². The normalized spacial score (nSPS) is 10.2. The van der Waals surface area contributed by atoms with Gasteiger partial charge in [0.05, 0.1) is 16.2 Å². The van der Waals surface area contributed by atoms with E-state index in [2.05, 4.69) is 33.0 Å². The Morgan fingerprint density at radius 3 is 2.27 bits per heavy atom. The average molecular weight is 354 g/mol. The van der Waals surface area contributed by atoms with E-state index in [4.69, 9.17) is 4.74 Å². The average Bonchev–Trinajstić information content (AvgIpc) is 2.57. The molecule has 3 aromatic rings. The van der Waals surface area contributed by atoms with Gasteiger partial charge in [-0.1, -0.05) is 42.5 Å². The molecule has 3 nitrogen and oxygen atoms in total. The Morgan fingerprint density at radius 2 is 1.59 bits per heavy atom. The highest BCUT2D eigenvalue weighted by Crippen LogP contribution is 2.29. The van der Waals surface area contributed by atoms with Gasteiger partial charge < -0.3 is 4.74 Å².